The highest BCUT2D eigenvalue weighted by Gasteiger charge is 2.24. The van der Waals surface area contributed by atoms with Crippen LogP contribution in [0, 0.1) is 0 Å². The molecule has 1 aromatic rings. The molecule has 2 heterocycles. The molecule has 0 amide bonds. The van der Waals surface area contributed by atoms with Crippen LogP contribution in [-0.4, -0.2) is 51.0 Å². The summed E-state index contributed by atoms with van der Waals surface area (Å²) in [5.74, 6) is 1.04. The monoisotopic (exact) mass is 201 g/mol. The van der Waals surface area contributed by atoms with Crippen LogP contribution in [-0.2, 0) is 0 Å². The third-order valence-electron chi connectivity index (χ3n) is 2.99. The van der Waals surface area contributed by atoms with Gasteiger partial charge in [-0.1, -0.05) is 11.5 Å². The summed E-state index contributed by atoms with van der Waals surface area (Å²) in [7, 11) is 9.87. The first-order valence-electron chi connectivity index (χ1n) is 5.30. The van der Waals surface area contributed by atoms with E-state index in [0.717, 1.165) is 24.4 Å². The number of likely N-dealkylation sites (N-methyl/N-ethyl adjacent to an activating group) is 1. The predicted molar refractivity (Wildman–Crippen MR) is 63.9 cm³/mol. The molecule has 1 saturated heterocycles. The van der Waals surface area contributed by atoms with E-state index >= 15 is 0 Å². The predicted octanol–water partition coefficient (Wildman–Crippen LogP) is 0.0157. The fourth-order valence-electron chi connectivity index (χ4n) is 1.96. The second-order valence-electron chi connectivity index (χ2n) is 4.30. The lowest BCUT2D eigenvalue weighted by molar-refractivity contribution is 0.315. The lowest BCUT2D eigenvalue weighted by atomic mass is 9.99. The van der Waals surface area contributed by atoms with Crippen LogP contribution < -0.4 is 10.4 Å². The molecule has 1 atom stereocenters. The molecule has 2 rings (SSSR count). The van der Waals surface area contributed by atoms with Gasteiger partial charge in [-0.25, -0.2) is 4.98 Å². The molecule has 3 nitrogen and oxygen atoms in total. The Morgan fingerprint density at radius 1 is 1.47 bits per heavy atom. The van der Waals surface area contributed by atoms with E-state index in [0.29, 0.717) is 6.04 Å². The molecule has 0 aromatic carbocycles. The maximum absolute atomic E-state index is 5.61. The van der Waals surface area contributed by atoms with Crippen molar-refractivity contribution in [3.05, 3.63) is 18.3 Å². The molecular formula is C11H16BN3. The minimum Gasteiger partial charge on any atom is -0.355 e. The SMILES string of the molecule is [B]c1ccc(N2CCC(N(C)C)C2)nc1. The Hall–Kier alpha value is -1.03. The van der Waals surface area contributed by atoms with Crippen LogP contribution in [0.1, 0.15) is 6.42 Å². The minimum atomic E-state index is 0.643. The Balaban J connectivity index is 2.04. The molecule has 1 fully saturated rings. The van der Waals surface area contributed by atoms with Gasteiger partial charge in [0.15, 0.2) is 0 Å². The molecule has 1 aliphatic heterocycles. The molecular weight excluding hydrogens is 185 g/mol. The molecule has 1 aromatic heterocycles. The van der Waals surface area contributed by atoms with Crippen molar-refractivity contribution in [3.8, 4) is 0 Å². The van der Waals surface area contributed by atoms with Gasteiger partial charge in [0.05, 0.1) is 0 Å². The molecule has 4 heteroatoms. The number of hydrogen-bond acceptors (Lipinski definition) is 3. The molecule has 15 heavy (non-hydrogen) atoms. The lowest BCUT2D eigenvalue weighted by Gasteiger charge is -2.21. The molecule has 0 aliphatic carbocycles. The van der Waals surface area contributed by atoms with Gasteiger partial charge in [-0.2, -0.15) is 0 Å². The van der Waals surface area contributed by atoms with Gasteiger partial charge in [-0.15, -0.1) is 0 Å². The summed E-state index contributed by atoms with van der Waals surface area (Å²) >= 11 is 0. The van der Waals surface area contributed by atoms with Gasteiger partial charge in [0.2, 0.25) is 0 Å². The van der Waals surface area contributed by atoms with E-state index in [1.807, 2.05) is 12.1 Å². The zero-order valence-corrected chi connectivity index (χ0v) is 9.35. The van der Waals surface area contributed by atoms with Crippen molar-refractivity contribution < 1.29 is 0 Å². The first-order valence-corrected chi connectivity index (χ1v) is 5.30. The van der Waals surface area contributed by atoms with E-state index in [4.69, 9.17) is 7.85 Å². The molecule has 1 unspecified atom stereocenters. The Labute approximate surface area is 92.5 Å². The van der Waals surface area contributed by atoms with Crippen molar-refractivity contribution in [2.24, 2.45) is 0 Å². The highest BCUT2D eigenvalue weighted by molar-refractivity contribution is 6.32. The van der Waals surface area contributed by atoms with Gasteiger partial charge in [-0.05, 0) is 26.6 Å². The van der Waals surface area contributed by atoms with Crippen molar-refractivity contribution in [3.63, 3.8) is 0 Å². The normalized spacial score (nSPS) is 21.3. The van der Waals surface area contributed by atoms with Gasteiger partial charge < -0.3 is 9.80 Å². The summed E-state index contributed by atoms with van der Waals surface area (Å²) in [4.78, 5) is 8.92. The smallest absolute Gasteiger partial charge is 0.128 e. The highest BCUT2D eigenvalue weighted by Crippen LogP contribution is 2.18. The Morgan fingerprint density at radius 3 is 2.80 bits per heavy atom. The highest BCUT2D eigenvalue weighted by atomic mass is 15.3. The van der Waals surface area contributed by atoms with E-state index in [1.165, 1.54) is 6.42 Å². The third-order valence-corrected chi connectivity index (χ3v) is 2.99. The molecule has 2 radical (unpaired) electrons. The van der Waals surface area contributed by atoms with Crippen molar-refractivity contribution in [2.45, 2.75) is 12.5 Å². The summed E-state index contributed by atoms with van der Waals surface area (Å²) < 4.78 is 0. The molecule has 0 saturated carbocycles. The van der Waals surface area contributed by atoms with Crippen LogP contribution in [0.4, 0.5) is 5.82 Å². The Kier molecular flexibility index (Phi) is 2.96. The number of anilines is 1. The quantitative estimate of drug-likeness (QED) is 0.628. The fraction of sp³-hybridized carbons (Fsp3) is 0.545. The maximum Gasteiger partial charge on any atom is 0.128 e. The van der Waals surface area contributed by atoms with E-state index in [9.17, 15) is 0 Å². The average molecular weight is 201 g/mol. The van der Waals surface area contributed by atoms with Gasteiger partial charge in [0, 0.05) is 25.3 Å². The van der Waals surface area contributed by atoms with Crippen LogP contribution in [0.5, 0.6) is 0 Å². The summed E-state index contributed by atoms with van der Waals surface area (Å²) in [6, 6.07) is 4.54. The average Bonchev–Trinajstić information content (AvgIpc) is 2.68. The lowest BCUT2D eigenvalue weighted by Crippen LogP contribution is -2.31. The second kappa shape index (κ2) is 4.23. The summed E-state index contributed by atoms with van der Waals surface area (Å²) in [5.41, 5.74) is 0.724. The Morgan fingerprint density at radius 2 is 2.27 bits per heavy atom. The Bertz CT molecular complexity index is 323. The minimum absolute atomic E-state index is 0.643. The van der Waals surface area contributed by atoms with E-state index in [-0.39, 0.29) is 0 Å². The number of aromatic nitrogens is 1. The zero-order chi connectivity index (χ0) is 10.8. The van der Waals surface area contributed by atoms with Crippen molar-refractivity contribution in [1.29, 1.82) is 0 Å². The number of hydrogen-bond donors (Lipinski definition) is 0. The zero-order valence-electron chi connectivity index (χ0n) is 9.35. The largest absolute Gasteiger partial charge is 0.355 e. The van der Waals surface area contributed by atoms with Crippen LogP contribution in [0.15, 0.2) is 18.3 Å². The standard InChI is InChI=1S/C11H16BN3/c1-14(2)10-5-6-15(8-10)11-4-3-9(12)7-13-11/h3-4,7,10H,5-6,8H2,1-2H3. The third kappa shape index (κ3) is 2.32. The first kappa shape index (κ1) is 10.5. The van der Waals surface area contributed by atoms with Crippen LogP contribution in [0.25, 0.3) is 0 Å². The van der Waals surface area contributed by atoms with Crippen molar-refractivity contribution in [2.75, 3.05) is 32.1 Å². The van der Waals surface area contributed by atoms with Gasteiger partial charge in [0.25, 0.3) is 0 Å². The topological polar surface area (TPSA) is 19.4 Å². The number of pyridine rings is 1. The molecule has 0 spiro atoms. The molecule has 0 N–H and O–H groups in total. The van der Waals surface area contributed by atoms with Gasteiger partial charge in [-0.3, -0.25) is 0 Å². The van der Waals surface area contributed by atoms with Crippen molar-refractivity contribution in [1.82, 2.24) is 9.88 Å². The number of rotatable bonds is 2. The second-order valence-corrected chi connectivity index (χ2v) is 4.30. The summed E-state index contributed by atoms with van der Waals surface area (Å²) in [5, 5.41) is 0. The fourth-order valence-corrected chi connectivity index (χ4v) is 1.96. The van der Waals surface area contributed by atoms with Gasteiger partial charge in [0.1, 0.15) is 13.7 Å². The van der Waals surface area contributed by atoms with Crippen molar-refractivity contribution >= 4 is 19.1 Å². The van der Waals surface area contributed by atoms with Crippen LogP contribution in [0.3, 0.4) is 0 Å². The van der Waals surface area contributed by atoms with Gasteiger partial charge >= 0.3 is 0 Å². The van der Waals surface area contributed by atoms with Crippen LogP contribution in [0.2, 0.25) is 0 Å². The summed E-state index contributed by atoms with van der Waals surface area (Å²) in [6.45, 7) is 2.14. The van der Waals surface area contributed by atoms with E-state index in [1.54, 1.807) is 6.20 Å². The summed E-state index contributed by atoms with van der Waals surface area (Å²) in [6.07, 6.45) is 2.93. The first-order chi connectivity index (χ1) is 7.16. The van der Waals surface area contributed by atoms with Crippen LogP contribution >= 0.6 is 0 Å². The maximum atomic E-state index is 5.61. The number of nitrogens with zero attached hydrogens (tertiary/aromatic N) is 3. The van der Waals surface area contributed by atoms with E-state index < -0.39 is 0 Å². The molecule has 78 valence electrons. The molecule has 1 aliphatic rings. The molecule has 0 bridgehead atoms. The van der Waals surface area contributed by atoms with E-state index in [2.05, 4.69) is 28.9 Å².